The number of halogens is 1. The van der Waals surface area contributed by atoms with Gasteiger partial charge in [0.25, 0.3) is 0 Å². The van der Waals surface area contributed by atoms with Gasteiger partial charge in [-0.15, -0.1) is 0 Å². The normalized spacial score (nSPS) is 13.3. The summed E-state index contributed by atoms with van der Waals surface area (Å²) in [4.78, 5) is 12.2. The van der Waals surface area contributed by atoms with Crippen molar-refractivity contribution < 1.29 is 14.3 Å². The Hall–Kier alpha value is -2.20. The molecule has 24 heavy (non-hydrogen) atoms. The molecule has 2 aromatic rings. The summed E-state index contributed by atoms with van der Waals surface area (Å²) in [6, 6.07) is 16.4. The molecule has 0 aliphatic carbocycles. The maximum atomic E-state index is 13.8. The Bertz CT molecular complexity index is 645. The summed E-state index contributed by atoms with van der Waals surface area (Å²) >= 11 is 0. The Kier molecular flexibility index (Phi) is 6.94. The summed E-state index contributed by atoms with van der Waals surface area (Å²) in [5, 5.41) is 12.1. The molecule has 0 spiro atoms. The van der Waals surface area contributed by atoms with Crippen LogP contribution in [0.25, 0.3) is 0 Å². The molecule has 0 radical (unpaired) electrons. The molecule has 2 rings (SSSR count). The van der Waals surface area contributed by atoms with Crippen LogP contribution in [-0.4, -0.2) is 24.2 Å². The van der Waals surface area contributed by atoms with Crippen LogP contribution in [0.3, 0.4) is 0 Å². The Morgan fingerprint density at radius 1 is 1.12 bits per heavy atom. The topological polar surface area (TPSA) is 49.3 Å². The molecule has 0 heterocycles. The highest BCUT2D eigenvalue weighted by Crippen LogP contribution is 2.22. The molecular weight excluding hydrogens is 305 g/mol. The largest absolute Gasteiger partial charge is 0.396 e. The summed E-state index contributed by atoms with van der Waals surface area (Å²) in [7, 11) is 0. The van der Waals surface area contributed by atoms with Crippen LogP contribution in [0, 0.1) is 5.82 Å². The van der Waals surface area contributed by atoms with E-state index in [1.54, 1.807) is 18.2 Å². The first-order chi connectivity index (χ1) is 11.6. The SMILES string of the molecule is CC(CC(=O)NCC(CCO)c1ccccc1)c1ccccc1F. The van der Waals surface area contributed by atoms with Crippen molar-refractivity contribution in [3.8, 4) is 0 Å². The zero-order chi connectivity index (χ0) is 17.4. The second-order valence-corrected chi connectivity index (χ2v) is 6.05. The van der Waals surface area contributed by atoms with Gasteiger partial charge >= 0.3 is 0 Å². The fourth-order valence-corrected chi connectivity index (χ4v) is 2.84. The van der Waals surface area contributed by atoms with Gasteiger partial charge in [0.15, 0.2) is 0 Å². The van der Waals surface area contributed by atoms with Crippen LogP contribution in [0.15, 0.2) is 54.6 Å². The summed E-state index contributed by atoms with van der Waals surface area (Å²) in [6.45, 7) is 2.38. The average molecular weight is 329 g/mol. The zero-order valence-electron chi connectivity index (χ0n) is 13.9. The van der Waals surface area contributed by atoms with Crippen molar-refractivity contribution in [2.24, 2.45) is 0 Å². The number of hydrogen-bond donors (Lipinski definition) is 2. The number of rotatable bonds is 8. The van der Waals surface area contributed by atoms with Gasteiger partial charge in [0, 0.05) is 25.5 Å². The van der Waals surface area contributed by atoms with E-state index in [4.69, 9.17) is 0 Å². The van der Waals surface area contributed by atoms with Gasteiger partial charge in [0.05, 0.1) is 0 Å². The molecule has 4 heteroatoms. The molecule has 0 saturated carbocycles. The number of hydrogen-bond acceptors (Lipinski definition) is 2. The first kappa shape index (κ1) is 18.1. The predicted octanol–water partition coefficient (Wildman–Crippen LogP) is 3.60. The number of carbonyl (C=O) groups excluding carboxylic acids is 1. The lowest BCUT2D eigenvalue weighted by molar-refractivity contribution is -0.121. The number of carbonyl (C=O) groups is 1. The molecule has 128 valence electrons. The highest BCUT2D eigenvalue weighted by Gasteiger charge is 2.16. The van der Waals surface area contributed by atoms with Gasteiger partial charge in [-0.3, -0.25) is 4.79 Å². The van der Waals surface area contributed by atoms with Crippen LogP contribution in [-0.2, 0) is 4.79 Å². The van der Waals surface area contributed by atoms with Crippen LogP contribution < -0.4 is 5.32 Å². The highest BCUT2D eigenvalue weighted by atomic mass is 19.1. The highest BCUT2D eigenvalue weighted by molar-refractivity contribution is 5.76. The van der Waals surface area contributed by atoms with E-state index in [2.05, 4.69) is 5.32 Å². The zero-order valence-corrected chi connectivity index (χ0v) is 13.9. The van der Waals surface area contributed by atoms with Gasteiger partial charge in [-0.1, -0.05) is 55.5 Å². The van der Waals surface area contributed by atoms with Crippen molar-refractivity contribution >= 4 is 5.91 Å². The number of amides is 1. The minimum absolute atomic E-state index is 0.0705. The van der Waals surface area contributed by atoms with E-state index in [-0.39, 0.29) is 36.6 Å². The van der Waals surface area contributed by atoms with Gasteiger partial charge in [-0.25, -0.2) is 4.39 Å². The Labute approximate surface area is 142 Å². The van der Waals surface area contributed by atoms with Crippen LogP contribution in [0.5, 0.6) is 0 Å². The molecule has 2 N–H and O–H groups in total. The third-order valence-corrected chi connectivity index (χ3v) is 4.22. The molecule has 2 unspecified atom stereocenters. The molecule has 0 aromatic heterocycles. The third kappa shape index (κ3) is 5.17. The van der Waals surface area contributed by atoms with Crippen LogP contribution >= 0.6 is 0 Å². The van der Waals surface area contributed by atoms with Crippen LogP contribution in [0.4, 0.5) is 4.39 Å². The van der Waals surface area contributed by atoms with Crippen molar-refractivity contribution in [3.05, 3.63) is 71.5 Å². The minimum atomic E-state index is -0.278. The molecule has 2 atom stereocenters. The number of aliphatic hydroxyl groups is 1. The van der Waals surface area contributed by atoms with E-state index in [0.717, 1.165) is 5.56 Å². The van der Waals surface area contributed by atoms with Crippen molar-refractivity contribution in [1.29, 1.82) is 0 Å². The van der Waals surface area contributed by atoms with Crippen molar-refractivity contribution in [3.63, 3.8) is 0 Å². The van der Waals surface area contributed by atoms with Crippen LogP contribution in [0.1, 0.15) is 42.7 Å². The molecule has 2 aromatic carbocycles. The predicted molar refractivity (Wildman–Crippen MR) is 93.3 cm³/mol. The molecule has 0 saturated heterocycles. The maximum absolute atomic E-state index is 13.8. The van der Waals surface area contributed by atoms with E-state index < -0.39 is 0 Å². The van der Waals surface area contributed by atoms with Gasteiger partial charge in [0.2, 0.25) is 5.91 Å². The molecular formula is C20H24FNO2. The molecule has 0 aliphatic rings. The molecule has 0 bridgehead atoms. The molecule has 0 aliphatic heterocycles. The van der Waals surface area contributed by atoms with Crippen LogP contribution in [0.2, 0.25) is 0 Å². The molecule has 1 amide bonds. The van der Waals surface area contributed by atoms with Gasteiger partial charge < -0.3 is 10.4 Å². The number of benzene rings is 2. The van der Waals surface area contributed by atoms with E-state index in [0.29, 0.717) is 18.5 Å². The molecule has 3 nitrogen and oxygen atoms in total. The van der Waals surface area contributed by atoms with Crippen molar-refractivity contribution in [2.45, 2.75) is 31.6 Å². The first-order valence-electron chi connectivity index (χ1n) is 8.28. The number of nitrogens with one attached hydrogen (secondary N) is 1. The van der Waals surface area contributed by atoms with E-state index in [1.807, 2.05) is 37.3 Å². The Balaban J connectivity index is 1.90. The van der Waals surface area contributed by atoms with E-state index in [9.17, 15) is 14.3 Å². The summed E-state index contributed by atoms with van der Waals surface area (Å²) < 4.78 is 13.8. The second kappa shape index (κ2) is 9.18. The monoisotopic (exact) mass is 329 g/mol. The van der Waals surface area contributed by atoms with Gasteiger partial charge in [-0.2, -0.15) is 0 Å². The second-order valence-electron chi connectivity index (χ2n) is 6.05. The minimum Gasteiger partial charge on any atom is -0.396 e. The fourth-order valence-electron chi connectivity index (χ4n) is 2.84. The lowest BCUT2D eigenvalue weighted by atomic mass is 9.95. The average Bonchev–Trinajstić information content (AvgIpc) is 2.59. The van der Waals surface area contributed by atoms with Gasteiger partial charge in [0.1, 0.15) is 5.82 Å². The van der Waals surface area contributed by atoms with Gasteiger partial charge in [-0.05, 0) is 29.5 Å². The first-order valence-corrected chi connectivity index (χ1v) is 8.28. The smallest absolute Gasteiger partial charge is 0.220 e. The van der Waals surface area contributed by atoms with Crippen molar-refractivity contribution in [2.75, 3.05) is 13.2 Å². The van der Waals surface area contributed by atoms with E-state index in [1.165, 1.54) is 6.07 Å². The third-order valence-electron chi connectivity index (χ3n) is 4.22. The summed E-state index contributed by atoms with van der Waals surface area (Å²) in [6.07, 6.45) is 0.828. The summed E-state index contributed by atoms with van der Waals surface area (Å²) in [5.74, 6) is -0.493. The van der Waals surface area contributed by atoms with E-state index >= 15 is 0 Å². The fraction of sp³-hybridized carbons (Fsp3) is 0.350. The maximum Gasteiger partial charge on any atom is 0.220 e. The lowest BCUT2D eigenvalue weighted by Crippen LogP contribution is -2.29. The number of aliphatic hydroxyl groups excluding tert-OH is 1. The Morgan fingerprint density at radius 3 is 2.46 bits per heavy atom. The quantitative estimate of drug-likeness (QED) is 0.777. The standard InChI is InChI=1S/C20H24FNO2/c1-15(18-9-5-6-10-19(18)21)13-20(24)22-14-17(11-12-23)16-7-3-2-4-8-16/h2-10,15,17,23H,11-14H2,1H3,(H,22,24). The van der Waals surface area contributed by atoms with Crippen molar-refractivity contribution in [1.82, 2.24) is 5.32 Å². The molecule has 0 fully saturated rings. The Morgan fingerprint density at radius 2 is 1.79 bits per heavy atom. The lowest BCUT2D eigenvalue weighted by Gasteiger charge is -2.18. The summed E-state index contributed by atoms with van der Waals surface area (Å²) in [5.41, 5.74) is 1.65.